The van der Waals surface area contributed by atoms with Gasteiger partial charge in [0.2, 0.25) is 0 Å². The summed E-state index contributed by atoms with van der Waals surface area (Å²) < 4.78 is 40.6. The van der Waals surface area contributed by atoms with Gasteiger partial charge >= 0.3 is 5.51 Å². The summed E-state index contributed by atoms with van der Waals surface area (Å²) in [5.74, 6) is -0.0382. The highest BCUT2D eigenvalue weighted by Crippen LogP contribution is 2.30. The molecule has 0 saturated heterocycles. The van der Waals surface area contributed by atoms with Crippen molar-refractivity contribution in [2.75, 3.05) is 12.4 Å². The largest absolute Gasteiger partial charge is 0.491 e. The van der Waals surface area contributed by atoms with Gasteiger partial charge < -0.3 is 4.74 Å². The van der Waals surface area contributed by atoms with E-state index in [1.54, 1.807) is 0 Å². The molecule has 2 nitrogen and oxygen atoms in total. The molecule has 0 aliphatic heterocycles. The Bertz CT molecular complexity index is 431. The molecule has 0 heterocycles. The van der Waals surface area contributed by atoms with Crippen molar-refractivity contribution in [2.24, 2.45) is 0 Å². The van der Waals surface area contributed by atoms with Crippen molar-refractivity contribution in [3.05, 3.63) is 28.8 Å². The van der Waals surface area contributed by atoms with Gasteiger partial charge in [0, 0.05) is 16.8 Å². The number of thioether (sulfide) groups is 1. The van der Waals surface area contributed by atoms with Crippen LogP contribution in [0.15, 0.2) is 18.2 Å². The molecule has 17 heavy (non-hydrogen) atoms. The Kier molecular flexibility index (Phi) is 4.97. The third-order valence-electron chi connectivity index (χ3n) is 1.67. The van der Waals surface area contributed by atoms with E-state index in [1.807, 2.05) is 6.07 Å². The second-order valence-corrected chi connectivity index (χ2v) is 4.49. The van der Waals surface area contributed by atoms with Crippen LogP contribution in [0.3, 0.4) is 0 Å². The van der Waals surface area contributed by atoms with Gasteiger partial charge in [-0.3, -0.25) is 0 Å². The van der Waals surface area contributed by atoms with Gasteiger partial charge in [0.25, 0.3) is 0 Å². The van der Waals surface area contributed by atoms with Crippen LogP contribution in [0, 0.1) is 11.3 Å². The lowest BCUT2D eigenvalue weighted by Gasteiger charge is -2.09. The highest BCUT2D eigenvalue weighted by Gasteiger charge is 2.27. The average molecular weight is 282 g/mol. The van der Waals surface area contributed by atoms with Gasteiger partial charge in [0.05, 0.1) is 12.2 Å². The highest BCUT2D eigenvalue weighted by molar-refractivity contribution is 8.00. The predicted octanol–water partition coefficient (Wildman–Crippen LogP) is 3.84. The van der Waals surface area contributed by atoms with E-state index < -0.39 is 5.51 Å². The van der Waals surface area contributed by atoms with Crippen molar-refractivity contribution in [3.63, 3.8) is 0 Å². The van der Waals surface area contributed by atoms with E-state index in [0.717, 1.165) is 0 Å². The molecule has 0 aliphatic carbocycles. The Morgan fingerprint density at radius 2 is 2.12 bits per heavy atom. The first-order chi connectivity index (χ1) is 7.92. The summed E-state index contributed by atoms with van der Waals surface area (Å²) in [7, 11) is 0. The van der Waals surface area contributed by atoms with Crippen molar-refractivity contribution in [2.45, 2.75) is 5.51 Å². The van der Waals surface area contributed by atoms with Crippen LogP contribution >= 0.6 is 23.4 Å². The van der Waals surface area contributed by atoms with Crippen molar-refractivity contribution in [1.82, 2.24) is 0 Å². The third kappa shape index (κ3) is 5.20. The van der Waals surface area contributed by atoms with E-state index in [-0.39, 0.29) is 35.4 Å². The molecular weight excluding hydrogens is 275 g/mol. The molecule has 0 unspecified atom stereocenters. The molecule has 1 aromatic rings. The van der Waals surface area contributed by atoms with Crippen LogP contribution in [0.1, 0.15) is 5.56 Å². The number of benzene rings is 1. The number of nitriles is 1. The van der Waals surface area contributed by atoms with Crippen LogP contribution in [-0.2, 0) is 0 Å². The first kappa shape index (κ1) is 14.0. The maximum absolute atomic E-state index is 11.8. The number of hydrogen-bond acceptors (Lipinski definition) is 3. The van der Waals surface area contributed by atoms with Gasteiger partial charge in [-0.1, -0.05) is 11.6 Å². The van der Waals surface area contributed by atoms with Crippen LogP contribution in [0.2, 0.25) is 5.02 Å². The predicted molar refractivity (Wildman–Crippen MR) is 60.2 cm³/mol. The SMILES string of the molecule is N#Cc1ccc(Cl)cc1OCCSC(F)(F)F. The highest BCUT2D eigenvalue weighted by atomic mass is 35.5. The van der Waals surface area contributed by atoms with E-state index in [4.69, 9.17) is 21.6 Å². The zero-order chi connectivity index (χ0) is 12.9. The van der Waals surface area contributed by atoms with Gasteiger partial charge in [-0.05, 0) is 23.9 Å². The first-order valence-electron chi connectivity index (χ1n) is 4.45. The molecule has 7 heteroatoms. The van der Waals surface area contributed by atoms with Gasteiger partial charge in [-0.25, -0.2) is 0 Å². The summed E-state index contributed by atoms with van der Waals surface area (Å²) in [4.78, 5) is 0. The Hall–Kier alpha value is -1.06. The quantitative estimate of drug-likeness (QED) is 0.786. The standard InChI is InChI=1S/C10H7ClF3NOS/c11-8-2-1-7(6-15)9(5-8)16-3-4-17-10(12,13)14/h1-2,5H,3-4H2. The summed E-state index contributed by atoms with van der Waals surface area (Å²) in [6.45, 7) is -0.140. The maximum Gasteiger partial charge on any atom is 0.441 e. The summed E-state index contributed by atoms with van der Waals surface area (Å²) >= 11 is 5.51. The lowest BCUT2D eigenvalue weighted by Crippen LogP contribution is -2.08. The third-order valence-corrected chi connectivity index (χ3v) is 2.60. The number of halogens is 4. The number of rotatable bonds is 4. The minimum Gasteiger partial charge on any atom is -0.491 e. The molecule has 0 fully saturated rings. The van der Waals surface area contributed by atoms with Gasteiger partial charge in [-0.15, -0.1) is 0 Å². The van der Waals surface area contributed by atoms with E-state index in [2.05, 4.69) is 0 Å². The molecule has 0 radical (unpaired) electrons. The van der Waals surface area contributed by atoms with Gasteiger partial charge in [-0.2, -0.15) is 18.4 Å². The lowest BCUT2D eigenvalue weighted by atomic mass is 10.2. The smallest absolute Gasteiger partial charge is 0.441 e. The summed E-state index contributed by atoms with van der Waals surface area (Å²) in [6.07, 6.45) is 0. The molecule has 0 amide bonds. The fraction of sp³-hybridized carbons (Fsp3) is 0.300. The van der Waals surface area contributed by atoms with Crippen LogP contribution in [0.4, 0.5) is 13.2 Å². The zero-order valence-electron chi connectivity index (χ0n) is 8.42. The first-order valence-corrected chi connectivity index (χ1v) is 5.82. The van der Waals surface area contributed by atoms with Crippen molar-refractivity contribution in [1.29, 1.82) is 5.26 Å². The van der Waals surface area contributed by atoms with Crippen LogP contribution < -0.4 is 4.74 Å². The second-order valence-electron chi connectivity index (χ2n) is 2.89. The molecule has 92 valence electrons. The molecular formula is C10H7ClF3NOS. The molecule has 1 aromatic carbocycles. The molecule has 1 rings (SSSR count). The maximum atomic E-state index is 11.8. The minimum absolute atomic E-state index is 0.140. The summed E-state index contributed by atoms with van der Waals surface area (Å²) in [6, 6.07) is 6.23. The Labute approximate surface area is 105 Å². The molecule has 0 bridgehead atoms. The molecule has 0 saturated carbocycles. The number of alkyl halides is 3. The monoisotopic (exact) mass is 281 g/mol. The Morgan fingerprint density at radius 1 is 1.41 bits per heavy atom. The second kappa shape index (κ2) is 6.03. The molecule has 0 aromatic heterocycles. The fourth-order valence-electron chi connectivity index (χ4n) is 1.02. The molecule has 0 atom stereocenters. The van der Waals surface area contributed by atoms with Gasteiger partial charge in [0.1, 0.15) is 11.8 Å². The number of nitrogens with zero attached hydrogens (tertiary/aromatic N) is 1. The Balaban J connectivity index is 2.52. The topological polar surface area (TPSA) is 33.0 Å². The zero-order valence-corrected chi connectivity index (χ0v) is 9.99. The lowest BCUT2D eigenvalue weighted by molar-refractivity contribution is -0.0329. The van der Waals surface area contributed by atoms with Crippen molar-refractivity contribution in [3.8, 4) is 11.8 Å². The van der Waals surface area contributed by atoms with Crippen LogP contribution in [0.5, 0.6) is 5.75 Å². The summed E-state index contributed by atoms with van der Waals surface area (Å²) in [5.41, 5.74) is -4.03. The summed E-state index contributed by atoms with van der Waals surface area (Å²) in [5, 5.41) is 9.10. The number of ether oxygens (including phenoxy) is 1. The normalized spacial score (nSPS) is 11.0. The number of hydrogen-bond donors (Lipinski definition) is 0. The van der Waals surface area contributed by atoms with Crippen LogP contribution in [0.25, 0.3) is 0 Å². The van der Waals surface area contributed by atoms with E-state index in [0.29, 0.717) is 5.02 Å². The molecule has 0 spiro atoms. The molecule has 0 N–H and O–H groups in total. The molecule has 0 aliphatic rings. The van der Waals surface area contributed by atoms with E-state index >= 15 is 0 Å². The van der Waals surface area contributed by atoms with Crippen LogP contribution in [-0.4, -0.2) is 17.9 Å². The average Bonchev–Trinajstić information content (AvgIpc) is 2.23. The fourth-order valence-corrected chi connectivity index (χ4v) is 1.58. The van der Waals surface area contributed by atoms with Crippen molar-refractivity contribution >= 4 is 23.4 Å². The van der Waals surface area contributed by atoms with E-state index in [1.165, 1.54) is 18.2 Å². The minimum atomic E-state index is -4.27. The van der Waals surface area contributed by atoms with E-state index in [9.17, 15) is 13.2 Å². The Morgan fingerprint density at radius 3 is 2.71 bits per heavy atom. The van der Waals surface area contributed by atoms with Crippen molar-refractivity contribution < 1.29 is 17.9 Å². The van der Waals surface area contributed by atoms with Gasteiger partial charge in [0.15, 0.2) is 0 Å².